The minimum Gasteiger partial charge on any atom is -0.550 e. The second-order valence-corrected chi connectivity index (χ2v) is 4.92. The number of aliphatic hydroxyl groups excluding tert-OH is 1. The van der Waals surface area contributed by atoms with Gasteiger partial charge in [-0.25, -0.2) is 4.79 Å². The van der Waals surface area contributed by atoms with E-state index in [1.165, 1.54) is 0 Å². The summed E-state index contributed by atoms with van der Waals surface area (Å²) in [6.07, 6.45) is -0.0919. The Labute approximate surface area is 107 Å². The number of nitrogens with zero attached hydrogens (tertiary/aromatic N) is 1. The first-order chi connectivity index (χ1) is 8.12. The van der Waals surface area contributed by atoms with Gasteiger partial charge in [-0.3, -0.25) is 0 Å². The fourth-order valence-corrected chi connectivity index (χ4v) is 1.14. The first-order valence-corrected chi connectivity index (χ1v) is 5.65. The lowest BCUT2D eigenvalue weighted by Gasteiger charge is -2.26. The van der Waals surface area contributed by atoms with Gasteiger partial charge in [0.25, 0.3) is 0 Å². The molecule has 0 fully saturated rings. The molecule has 108 valence electrons. The Balaban J connectivity index is 0. The summed E-state index contributed by atoms with van der Waals surface area (Å²) in [6, 6.07) is 0. The highest BCUT2D eigenvalue weighted by molar-refractivity contribution is 5.68. The number of aliphatic hydroxyl groups is 1. The highest BCUT2D eigenvalue weighted by Crippen LogP contribution is 1.97. The number of carbonyl (C=O) groups is 2. The molecule has 0 aromatic heterocycles. The van der Waals surface area contributed by atoms with Gasteiger partial charge in [-0.1, -0.05) is 6.92 Å². The van der Waals surface area contributed by atoms with Crippen LogP contribution in [0.4, 0.5) is 0 Å². The highest BCUT2D eigenvalue weighted by Gasteiger charge is 2.14. The van der Waals surface area contributed by atoms with Crippen LogP contribution in [0.15, 0.2) is 0 Å². The zero-order valence-electron chi connectivity index (χ0n) is 11.4. The lowest BCUT2D eigenvalue weighted by atomic mass is 10.2. The summed E-state index contributed by atoms with van der Waals surface area (Å²) in [5.41, 5.74) is 0. The zero-order valence-corrected chi connectivity index (χ0v) is 11.4. The summed E-state index contributed by atoms with van der Waals surface area (Å²) < 4.78 is 0.550. The Morgan fingerprint density at radius 1 is 1.33 bits per heavy atom. The van der Waals surface area contributed by atoms with Crippen molar-refractivity contribution in [2.75, 3.05) is 27.7 Å². The topological polar surface area (TPSA) is 107 Å². The largest absolute Gasteiger partial charge is 0.550 e. The number of likely N-dealkylation sites (N-methyl/N-ethyl adjacent to an activating group) is 1. The van der Waals surface area contributed by atoms with Crippen LogP contribution in [0.2, 0.25) is 0 Å². The van der Waals surface area contributed by atoms with Crippen molar-refractivity contribution >= 4 is 11.9 Å². The standard InChI is InChI=1S/C7H15NO3.C4H8O3/c1-8(2,3)5-6(9)4-7(10)11;1-2-3-4(5)7-6/h6,9H,4-5H2,1-3H3;6H,2-3H2,1H3. The van der Waals surface area contributed by atoms with Crippen molar-refractivity contribution in [3.05, 3.63) is 0 Å². The number of aliphatic carboxylic acids is 1. The molecule has 18 heavy (non-hydrogen) atoms. The molecular weight excluding hydrogens is 242 g/mol. The second kappa shape index (κ2) is 9.81. The third-order valence-corrected chi connectivity index (χ3v) is 1.72. The third kappa shape index (κ3) is 17.2. The Hall–Kier alpha value is -1.18. The van der Waals surface area contributed by atoms with E-state index in [1.807, 2.05) is 28.1 Å². The van der Waals surface area contributed by atoms with Gasteiger partial charge >= 0.3 is 5.97 Å². The van der Waals surface area contributed by atoms with E-state index in [9.17, 15) is 14.7 Å². The van der Waals surface area contributed by atoms with Gasteiger partial charge in [0, 0.05) is 18.8 Å². The number of carboxylic acid groups (broad SMARTS) is 1. The molecule has 0 amide bonds. The zero-order chi connectivity index (χ0) is 14.8. The number of hydrogen-bond acceptors (Lipinski definition) is 6. The van der Waals surface area contributed by atoms with E-state index in [0.29, 0.717) is 17.4 Å². The predicted molar refractivity (Wildman–Crippen MR) is 62.2 cm³/mol. The van der Waals surface area contributed by atoms with Crippen LogP contribution < -0.4 is 5.11 Å². The summed E-state index contributed by atoms with van der Waals surface area (Å²) in [5.74, 6) is -1.77. The molecule has 0 aliphatic rings. The first-order valence-electron chi connectivity index (χ1n) is 5.65. The van der Waals surface area contributed by atoms with Crippen LogP contribution in [0.3, 0.4) is 0 Å². The second-order valence-electron chi connectivity index (χ2n) is 4.92. The van der Waals surface area contributed by atoms with Crippen molar-refractivity contribution in [1.29, 1.82) is 0 Å². The van der Waals surface area contributed by atoms with Gasteiger partial charge in [0.2, 0.25) is 0 Å². The molecule has 7 nitrogen and oxygen atoms in total. The number of carboxylic acids is 1. The van der Waals surface area contributed by atoms with Crippen molar-refractivity contribution < 1.29 is 34.4 Å². The number of rotatable bonds is 6. The summed E-state index contributed by atoms with van der Waals surface area (Å²) in [6.45, 7) is 2.25. The van der Waals surface area contributed by atoms with Crippen LogP contribution in [-0.4, -0.2) is 60.6 Å². The van der Waals surface area contributed by atoms with Crippen LogP contribution in [0.25, 0.3) is 0 Å². The molecule has 0 aliphatic carbocycles. The Morgan fingerprint density at radius 2 is 1.83 bits per heavy atom. The molecule has 0 aliphatic heterocycles. The smallest absolute Gasteiger partial charge is 0.342 e. The minimum atomic E-state index is -1.20. The molecule has 0 saturated carbocycles. The van der Waals surface area contributed by atoms with E-state index in [4.69, 9.17) is 10.4 Å². The van der Waals surface area contributed by atoms with Gasteiger partial charge in [0.1, 0.15) is 12.6 Å². The van der Waals surface area contributed by atoms with E-state index in [0.717, 1.165) is 0 Å². The molecule has 0 aromatic rings. The summed E-state index contributed by atoms with van der Waals surface area (Å²) in [5, 5.41) is 26.8. The fraction of sp³-hybridized carbons (Fsp3) is 0.818. The van der Waals surface area contributed by atoms with Crippen molar-refractivity contribution in [1.82, 2.24) is 0 Å². The van der Waals surface area contributed by atoms with Gasteiger partial charge < -0.3 is 24.4 Å². The predicted octanol–water partition coefficient (Wildman–Crippen LogP) is -1.00. The van der Waals surface area contributed by atoms with Gasteiger partial charge in [0.05, 0.1) is 21.1 Å². The van der Waals surface area contributed by atoms with Crippen molar-refractivity contribution in [3.63, 3.8) is 0 Å². The molecule has 0 radical (unpaired) electrons. The van der Waals surface area contributed by atoms with Crippen molar-refractivity contribution in [2.24, 2.45) is 0 Å². The van der Waals surface area contributed by atoms with Gasteiger partial charge in [-0.15, -0.1) is 0 Å². The van der Waals surface area contributed by atoms with E-state index >= 15 is 0 Å². The summed E-state index contributed by atoms with van der Waals surface area (Å²) in [4.78, 5) is 23.3. The van der Waals surface area contributed by atoms with E-state index < -0.39 is 18.0 Å². The quantitative estimate of drug-likeness (QED) is 0.362. The van der Waals surface area contributed by atoms with E-state index in [-0.39, 0.29) is 12.8 Å². The number of quaternary nitrogens is 1. The van der Waals surface area contributed by atoms with Crippen molar-refractivity contribution in [2.45, 2.75) is 32.3 Å². The molecular formula is C11H23NO6. The molecule has 0 aromatic carbocycles. The average molecular weight is 265 g/mol. The molecule has 0 rings (SSSR count). The minimum absolute atomic E-state index is 0.282. The monoisotopic (exact) mass is 265 g/mol. The molecule has 1 atom stereocenters. The molecule has 0 saturated heterocycles. The average Bonchev–Trinajstić information content (AvgIpc) is 2.14. The Bertz CT molecular complexity index is 248. The molecule has 0 spiro atoms. The van der Waals surface area contributed by atoms with Gasteiger partial charge in [0.15, 0.2) is 0 Å². The maximum atomic E-state index is 10.0. The molecule has 0 heterocycles. The first kappa shape index (κ1) is 19.2. The van der Waals surface area contributed by atoms with Crippen LogP contribution >= 0.6 is 0 Å². The van der Waals surface area contributed by atoms with Gasteiger partial charge in [-0.2, -0.15) is 5.26 Å². The SMILES string of the molecule is CCCC(=O)OO.C[N+](C)(C)CC(O)CC(=O)[O-]. The Kier molecular flexibility index (Phi) is 10.4. The fourth-order valence-electron chi connectivity index (χ4n) is 1.14. The van der Waals surface area contributed by atoms with E-state index in [2.05, 4.69) is 4.89 Å². The maximum Gasteiger partial charge on any atom is 0.342 e. The normalized spacial score (nSPS) is 12.1. The highest BCUT2D eigenvalue weighted by atomic mass is 17.1. The number of carbonyl (C=O) groups excluding carboxylic acids is 2. The molecule has 0 bridgehead atoms. The number of hydrogen-bond donors (Lipinski definition) is 2. The molecule has 1 unspecified atom stereocenters. The van der Waals surface area contributed by atoms with E-state index in [1.54, 1.807) is 0 Å². The summed E-state index contributed by atoms with van der Waals surface area (Å²) in [7, 11) is 5.66. The van der Waals surface area contributed by atoms with Crippen LogP contribution in [-0.2, 0) is 14.5 Å². The van der Waals surface area contributed by atoms with Gasteiger partial charge in [-0.05, 0) is 6.42 Å². The maximum absolute atomic E-state index is 10.0. The molecule has 7 heteroatoms. The lowest BCUT2D eigenvalue weighted by molar-refractivity contribution is -0.873. The lowest BCUT2D eigenvalue weighted by Crippen LogP contribution is -2.43. The van der Waals surface area contributed by atoms with Crippen molar-refractivity contribution in [3.8, 4) is 0 Å². The third-order valence-electron chi connectivity index (χ3n) is 1.72. The van der Waals surface area contributed by atoms with Crippen LogP contribution in [0.1, 0.15) is 26.2 Å². The summed E-state index contributed by atoms with van der Waals surface area (Å²) >= 11 is 0. The van der Waals surface area contributed by atoms with Crippen LogP contribution in [0.5, 0.6) is 0 Å². The van der Waals surface area contributed by atoms with Crippen LogP contribution in [0, 0.1) is 0 Å². The molecule has 2 N–H and O–H groups in total. The Morgan fingerprint density at radius 3 is 2.06 bits per heavy atom.